The average Bonchev–Trinajstić information content (AvgIpc) is 3.58. The molecule has 1 saturated carbocycles. The highest BCUT2D eigenvalue weighted by Crippen LogP contribution is 2.56. The van der Waals surface area contributed by atoms with Crippen LogP contribution < -0.4 is 10.6 Å². The van der Waals surface area contributed by atoms with Crippen molar-refractivity contribution < 1.29 is 9.59 Å². The summed E-state index contributed by atoms with van der Waals surface area (Å²) in [6.07, 6.45) is 9.82. The first-order valence-corrected chi connectivity index (χ1v) is 10.7. The molecular formula is C24H25N5O2. The van der Waals surface area contributed by atoms with E-state index in [1.807, 2.05) is 12.3 Å². The Labute approximate surface area is 181 Å². The van der Waals surface area contributed by atoms with Crippen LogP contribution in [-0.2, 0) is 17.8 Å². The number of allylic oxidation sites excluding steroid dienone is 1. The van der Waals surface area contributed by atoms with Crippen LogP contribution in [0.15, 0.2) is 42.4 Å². The minimum absolute atomic E-state index is 0.0231. The largest absolute Gasteiger partial charge is 0.354 e. The molecule has 2 aromatic rings. The number of anilines is 1. The molecule has 1 fully saturated rings. The summed E-state index contributed by atoms with van der Waals surface area (Å²) >= 11 is 0. The van der Waals surface area contributed by atoms with Crippen molar-refractivity contribution in [1.29, 1.82) is 0 Å². The number of amides is 1. The van der Waals surface area contributed by atoms with E-state index in [0.29, 0.717) is 11.4 Å². The Morgan fingerprint density at radius 1 is 1.29 bits per heavy atom. The molecule has 4 heterocycles. The number of aromatic nitrogens is 2. The van der Waals surface area contributed by atoms with Crippen LogP contribution in [0.3, 0.4) is 0 Å². The minimum Gasteiger partial charge on any atom is -0.354 e. The van der Waals surface area contributed by atoms with Gasteiger partial charge in [-0.3, -0.25) is 19.7 Å². The number of nitrogens with zero attached hydrogens (tertiary/aromatic N) is 3. The van der Waals surface area contributed by atoms with Crippen LogP contribution in [0.1, 0.15) is 46.6 Å². The summed E-state index contributed by atoms with van der Waals surface area (Å²) in [6.45, 7) is 2.60. The smallest absolute Gasteiger partial charge is 0.269 e. The first-order valence-electron chi connectivity index (χ1n) is 10.7. The number of rotatable bonds is 4. The predicted molar refractivity (Wildman–Crippen MR) is 118 cm³/mol. The molecule has 1 amide bonds. The maximum absolute atomic E-state index is 11.7. The molecule has 0 saturated heterocycles. The first-order chi connectivity index (χ1) is 15.1. The van der Waals surface area contributed by atoms with Crippen LogP contribution >= 0.6 is 0 Å². The summed E-state index contributed by atoms with van der Waals surface area (Å²) in [6, 6.07) is 5.85. The van der Waals surface area contributed by atoms with Crippen LogP contribution in [0.4, 0.5) is 5.69 Å². The van der Waals surface area contributed by atoms with Gasteiger partial charge in [0.2, 0.25) is 0 Å². The highest BCUT2D eigenvalue weighted by molar-refractivity contribution is 5.92. The van der Waals surface area contributed by atoms with Gasteiger partial charge in [0.25, 0.3) is 5.91 Å². The molecule has 0 aromatic carbocycles. The molecule has 2 aromatic heterocycles. The zero-order valence-corrected chi connectivity index (χ0v) is 17.6. The topological polar surface area (TPSA) is 87.2 Å². The number of nitrogens with one attached hydrogen (secondary N) is 2. The van der Waals surface area contributed by atoms with Crippen LogP contribution in [0, 0.1) is 5.41 Å². The van der Waals surface area contributed by atoms with Gasteiger partial charge in [0.05, 0.1) is 11.4 Å². The van der Waals surface area contributed by atoms with Crippen LogP contribution in [0.2, 0.25) is 0 Å². The van der Waals surface area contributed by atoms with Crippen molar-refractivity contribution in [3.8, 4) is 0 Å². The molecule has 0 radical (unpaired) electrons. The normalized spacial score (nSPS) is 19.1. The molecule has 2 N–H and O–H groups in total. The van der Waals surface area contributed by atoms with Gasteiger partial charge in [-0.15, -0.1) is 0 Å². The number of pyridine rings is 2. The Kier molecular flexibility index (Phi) is 4.93. The summed E-state index contributed by atoms with van der Waals surface area (Å²) < 4.78 is 0. The van der Waals surface area contributed by atoms with Crippen molar-refractivity contribution in [1.82, 2.24) is 20.2 Å². The highest BCUT2D eigenvalue weighted by atomic mass is 16.1. The lowest BCUT2D eigenvalue weighted by Gasteiger charge is -2.28. The lowest BCUT2D eigenvalue weighted by molar-refractivity contribution is 0.0958. The molecule has 1 spiro atoms. The standard InChI is InChI=1S/C24H25N5O2/c1-25-23(31)19-3-2-18(13-27-19)17-4-8-29(9-5-17)14-16-10-20-21(26-12-16)11-24(6-7-24)22(15-30)28-20/h2-4,10,12-13,28H,5-9,11,14H2,1H3,(H,25,31). The van der Waals surface area contributed by atoms with E-state index < -0.39 is 0 Å². The van der Waals surface area contributed by atoms with Crippen molar-refractivity contribution in [2.45, 2.75) is 32.2 Å². The maximum Gasteiger partial charge on any atom is 0.269 e. The van der Waals surface area contributed by atoms with E-state index in [1.54, 1.807) is 19.3 Å². The number of fused-ring (bicyclic) bond motifs is 1. The SMILES string of the molecule is CNC(=O)c1ccc(C2=CCN(Cc3cnc4c(c3)NC(=C=O)C3(CC3)C4)CC2)cn1. The fraction of sp³-hybridized carbons (Fsp3) is 0.375. The molecule has 0 unspecified atom stereocenters. The zero-order valence-electron chi connectivity index (χ0n) is 17.6. The Morgan fingerprint density at radius 2 is 2.16 bits per heavy atom. The van der Waals surface area contributed by atoms with Gasteiger partial charge in [-0.05, 0) is 48.1 Å². The van der Waals surface area contributed by atoms with Crippen LogP contribution in [-0.4, -0.2) is 46.9 Å². The van der Waals surface area contributed by atoms with E-state index in [4.69, 9.17) is 4.98 Å². The average molecular weight is 415 g/mol. The third-order valence-corrected chi connectivity index (χ3v) is 6.57. The summed E-state index contributed by atoms with van der Waals surface area (Å²) in [7, 11) is 1.60. The second-order valence-corrected chi connectivity index (χ2v) is 8.62. The summed E-state index contributed by atoms with van der Waals surface area (Å²) in [5.41, 5.74) is 6.56. The van der Waals surface area contributed by atoms with Crippen molar-refractivity contribution in [3.63, 3.8) is 0 Å². The molecule has 1 aliphatic carbocycles. The van der Waals surface area contributed by atoms with E-state index in [0.717, 1.165) is 67.8 Å². The minimum atomic E-state index is -0.174. The fourth-order valence-corrected chi connectivity index (χ4v) is 4.48. The molecule has 2 aliphatic heterocycles. The third kappa shape index (κ3) is 3.78. The summed E-state index contributed by atoms with van der Waals surface area (Å²) in [5, 5.41) is 5.88. The van der Waals surface area contributed by atoms with Gasteiger partial charge in [0, 0.05) is 50.9 Å². The van der Waals surface area contributed by atoms with E-state index in [9.17, 15) is 9.59 Å². The van der Waals surface area contributed by atoms with Crippen molar-refractivity contribution in [2.24, 2.45) is 5.41 Å². The quantitative estimate of drug-likeness (QED) is 0.747. The van der Waals surface area contributed by atoms with Crippen molar-refractivity contribution in [2.75, 3.05) is 25.5 Å². The number of hydrogen-bond acceptors (Lipinski definition) is 6. The monoisotopic (exact) mass is 415 g/mol. The lowest BCUT2D eigenvalue weighted by Crippen LogP contribution is -2.29. The third-order valence-electron chi connectivity index (χ3n) is 6.57. The molecule has 158 valence electrons. The van der Waals surface area contributed by atoms with Gasteiger partial charge >= 0.3 is 0 Å². The van der Waals surface area contributed by atoms with Gasteiger partial charge in [-0.25, -0.2) is 4.79 Å². The Balaban J connectivity index is 1.24. The summed E-state index contributed by atoms with van der Waals surface area (Å²) in [4.78, 5) is 34.3. The van der Waals surface area contributed by atoms with Gasteiger partial charge in [0.1, 0.15) is 17.3 Å². The van der Waals surface area contributed by atoms with E-state index in [1.165, 1.54) is 5.57 Å². The molecule has 7 nitrogen and oxygen atoms in total. The second-order valence-electron chi connectivity index (χ2n) is 8.62. The number of carbonyl (C=O) groups excluding carboxylic acids is 2. The second kappa shape index (κ2) is 7.76. The molecule has 31 heavy (non-hydrogen) atoms. The molecule has 3 aliphatic rings. The van der Waals surface area contributed by atoms with Crippen LogP contribution in [0.5, 0.6) is 0 Å². The van der Waals surface area contributed by atoms with Crippen molar-refractivity contribution in [3.05, 3.63) is 64.9 Å². The zero-order chi connectivity index (χ0) is 21.4. The maximum atomic E-state index is 11.7. The molecule has 7 heteroatoms. The van der Waals surface area contributed by atoms with Gasteiger partial charge in [0.15, 0.2) is 0 Å². The van der Waals surface area contributed by atoms with E-state index in [-0.39, 0.29) is 11.3 Å². The summed E-state index contributed by atoms with van der Waals surface area (Å²) in [5.74, 6) is 1.94. The fourth-order valence-electron chi connectivity index (χ4n) is 4.48. The van der Waals surface area contributed by atoms with Gasteiger partial charge < -0.3 is 10.6 Å². The lowest BCUT2D eigenvalue weighted by atomic mass is 9.91. The van der Waals surface area contributed by atoms with E-state index >= 15 is 0 Å². The van der Waals surface area contributed by atoms with Crippen molar-refractivity contribution >= 4 is 23.1 Å². The molecular weight excluding hydrogens is 390 g/mol. The predicted octanol–water partition coefficient (Wildman–Crippen LogP) is 2.59. The Morgan fingerprint density at radius 3 is 2.81 bits per heavy atom. The van der Waals surface area contributed by atoms with Gasteiger partial charge in [-0.2, -0.15) is 0 Å². The highest BCUT2D eigenvalue weighted by Gasteiger charge is 2.50. The Hall–Kier alpha value is -3.28. The Bertz CT molecular complexity index is 1110. The van der Waals surface area contributed by atoms with E-state index in [2.05, 4.69) is 38.6 Å². The molecule has 5 rings (SSSR count). The van der Waals surface area contributed by atoms with Crippen LogP contribution in [0.25, 0.3) is 5.57 Å². The number of carbonyl (C=O) groups is 1. The number of hydrogen-bond donors (Lipinski definition) is 2. The molecule has 0 bridgehead atoms. The molecule has 0 atom stereocenters. The first kappa shape index (κ1) is 19.7. The van der Waals surface area contributed by atoms with Gasteiger partial charge in [-0.1, -0.05) is 12.1 Å².